The number of nitrogens with zero attached hydrogens (tertiary/aromatic N) is 1. The summed E-state index contributed by atoms with van der Waals surface area (Å²) in [5, 5.41) is 16.9. The minimum absolute atomic E-state index is 0.140. The lowest BCUT2D eigenvalue weighted by Crippen LogP contribution is -2.37. The van der Waals surface area contributed by atoms with Crippen LogP contribution >= 0.6 is 0 Å². The fraction of sp³-hybridized carbons (Fsp3) is 0.125. The fourth-order valence-electron chi connectivity index (χ4n) is 0.861. The molecule has 68 valence electrons. The largest absolute Gasteiger partial charge is 0.478 e. The Balaban J connectivity index is 2.81. The molecule has 0 aliphatic rings. The number of hydrogen-bond donors (Lipinski definition) is 2. The number of aliphatic carboxylic acids is 1. The van der Waals surface area contributed by atoms with Crippen LogP contribution in [0.25, 0.3) is 0 Å². The minimum atomic E-state index is -1.03. The van der Waals surface area contributed by atoms with Crippen LogP contribution in [0.1, 0.15) is 10.4 Å². The highest BCUT2D eigenvalue weighted by Crippen LogP contribution is 1.93. The van der Waals surface area contributed by atoms with Crippen LogP contribution in [0.4, 0.5) is 0 Å². The van der Waals surface area contributed by atoms with Crippen LogP contribution in [-0.4, -0.2) is 22.2 Å². The van der Waals surface area contributed by atoms with Crippen molar-refractivity contribution in [3.05, 3.63) is 30.1 Å². The highest BCUT2D eigenvalue weighted by molar-refractivity contribution is 5.87. The summed E-state index contributed by atoms with van der Waals surface area (Å²) in [6.07, 6.45) is 2.83. The molecular weight excluding hydrogens is 174 g/mol. The molecule has 0 fully saturated rings. The van der Waals surface area contributed by atoms with Crippen molar-refractivity contribution < 1.29 is 24.4 Å². The number of hydrogen-bond acceptors (Lipinski definition) is 2. The first-order chi connectivity index (χ1) is 6.09. The van der Waals surface area contributed by atoms with E-state index in [0.29, 0.717) is 0 Å². The Morgan fingerprint density at radius 1 is 1.23 bits per heavy atom. The Labute approximate surface area is 73.9 Å². The van der Waals surface area contributed by atoms with E-state index in [-0.39, 0.29) is 12.1 Å². The van der Waals surface area contributed by atoms with E-state index >= 15 is 0 Å². The smallest absolute Gasteiger partial charge is 0.370 e. The number of rotatable bonds is 3. The normalized spacial score (nSPS) is 9.54. The molecule has 1 rings (SSSR count). The lowest BCUT2D eigenvalue weighted by Gasteiger charge is -1.92. The molecule has 1 aromatic rings. The molecule has 0 aromatic carbocycles. The van der Waals surface area contributed by atoms with E-state index in [1.54, 1.807) is 0 Å². The van der Waals surface area contributed by atoms with Crippen LogP contribution in [0.5, 0.6) is 0 Å². The molecule has 0 aliphatic carbocycles. The van der Waals surface area contributed by atoms with Crippen molar-refractivity contribution in [2.75, 3.05) is 0 Å². The molecule has 0 aliphatic heterocycles. The molecular formula is C8H8NO4+. The quantitative estimate of drug-likeness (QED) is 0.632. The zero-order valence-corrected chi connectivity index (χ0v) is 6.67. The predicted octanol–water partition coefficient (Wildman–Crippen LogP) is -0.243. The summed E-state index contributed by atoms with van der Waals surface area (Å²) in [5.41, 5.74) is 0.140. The highest BCUT2D eigenvalue weighted by atomic mass is 16.4. The molecule has 0 atom stereocenters. The summed E-state index contributed by atoms with van der Waals surface area (Å²) >= 11 is 0. The van der Waals surface area contributed by atoms with Gasteiger partial charge >= 0.3 is 11.9 Å². The molecule has 0 saturated heterocycles. The standard InChI is InChI=1S/C8H7NO4/c10-7(11)5-9-3-1-6(2-4-9)8(12)13/h1-4H,5H2,(H-,10,11,12,13)/p+1. The zero-order valence-electron chi connectivity index (χ0n) is 6.67. The predicted molar refractivity (Wildman–Crippen MR) is 41.2 cm³/mol. The Morgan fingerprint density at radius 2 is 1.77 bits per heavy atom. The van der Waals surface area contributed by atoms with Crippen molar-refractivity contribution in [2.45, 2.75) is 6.54 Å². The van der Waals surface area contributed by atoms with Gasteiger partial charge in [-0.1, -0.05) is 0 Å². The Hall–Kier alpha value is -1.91. The maximum atomic E-state index is 10.4. The van der Waals surface area contributed by atoms with Gasteiger partial charge in [-0.15, -0.1) is 0 Å². The van der Waals surface area contributed by atoms with Crippen LogP contribution in [0, 0.1) is 0 Å². The van der Waals surface area contributed by atoms with Gasteiger partial charge in [0.25, 0.3) is 0 Å². The third-order valence-corrected chi connectivity index (χ3v) is 1.46. The summed E-state index contributed by atoms with van der Waals surface area (Å²) < 4.78 is 1.38. The van der Waals surface area contributed by atoms with Gasteiger partial charge < -0.3 is 10.2 Å². The fourth-order valence-corrected chi connectivity index (χ4v) is 0.861. The SMILES string of the molecule is O=C(O)C[n+]1ccc(C(=O)O)cc1. The van der Waals surface area contributed by atoms with Gasteiger partial charge in [-0.3, -0.25) is 0 Å². The minimum Gasteiger partial charge on any atom is -0.478 e. The summed E-state index contributed by atoms with van der Waals surface area (Å²) in [7, 11) is 0. The molecule has 0 amide bonds. The number of carbonyl (C=O) groups is 2. The van der Waals surface area contributed by atoms with Gasteiger partial charge in [-0.25, -0.2) is 9.59 Å². The average molecular weight is 182 g/mol. The van der Waals surface area contributed by atoms with Gasteiger partial charge in [0.1, 0.15) is 0 Å². The van der Waals surface area contributed by atoms with Crippen molar-refractivity contribution >= 4 is 11.9 Å². The van der Waals surface area contributed by atoms with E-state index in [1.165, 1.54) is 29.1 Å². The number of carboxylic acid groups (broad SMARTS) is 2. The summed E-state index contributed by atoms with van der Waals surface area (Å²) in [5.74, 6) is -1.99. The monoisotopic (exact) mass is 182 g/mol. The first-order valence-corrected chi connectivity index (χ1v) is 3.54. The van der Waals surface area contributed by atoms with Crippen molar-refractivity contribution in [3.63, 3.8) is 0 Å². The second-order valence-corrected chi connectivity index (χ2v) is 2.46. The van der Waals surface area contributed by atoms with E-state index in [9.17, 15) is 9.59 Å². The van der Waals surface area contributed by atoms with Crippen LogP contribution in [0.15, 0.2) is 24.5 Å². The second-order valence-electron chi connectivity index (χ2n) is 2.46. The molecule has 5 nitrogen and oxygen atoms in total. The Morgan fingerprint density at radius 3 is 2.15 bits per heavy atom. The first-order valence-electron chi connectivity index (χ1n) is 3.54. The van der Waals surface area contributed by atoms with E-state index in [2.05, 4.69) is 0 Å². The van der Waals surface area contributed by atoms with E-state index in [1.807, 2.05) is 0 Å². The number of aromatic carboxylic acids is 1. The maximum absolute atomic E-state index is 10.4. The van der Waals surface area contributed by atoms with Gasteiger partial charge in [0.2, 0.25) is 6.54 Å². The van der Waals surface area contributed by atoms with E-state index in [4.69, 9.17) is 10.2 Å². The first kappa shape index (κ1) is 9.18. The average Bonchev–Trinajstić information content (AvgIpc) is 2.04. The molecule has 0 radical (unpaired) electrons. The van der Waals surface area contributed by atoms with E-state index in [0.717, 1.165) is 0 Å². The molecule has 0 saturated carbocycles. The second kappa shape index (κ2) is 3.66. The van der Waals surface area contributed by atoms with Crippen molar-refractivity contribution in [1.82, 2.24) is 0 Å². The lowest BCUT2D eigenvalue weighted by atomic mass is 10.3. The molecule has 0 spiro atoms. The van der Waals surface area contributed by atoms with Crippen molar-refractivity contribution in [1.29, 1.82) is 0 Å². The summed E-state index contributed by atoms with van der Waals surface area (Å²) in [6.45, 7) is -0.167. The third kappa shape index (κ3) is 2.55. The summed E-state index contributed by atoms with van der Waals surface area (Å²) in [4.78, 5) is 20.7. The maximum Gasteiger partial charge on any atom is 0.370 e. The molecule has 1 heterocycles. The molecule has 0 unspecified atom stereocenters. The number of pyridine rings is 1. The molecule has 0 bridgehead atoms. The molecule has 13 heavy (non-hydrogen) atoms. The summed E-state index contributed by atoms with van der Waals surface area (Å²) in [6, 6.07) is 2.70. The van der Waals surface area contributed by atoms with Crippen molar-refractivity contribution in [3.8, 4) is 0 Å². The highest BCUT2D eigenvalue weighted by Gasteiger charge is 2.08. The van der Waals surface area contributed by atoms with Gasteiger partial charge in [0.05, 0.1) is 5.56 Å². The zero-order chi connectivity index (χ0) is 9.84. The topological polar surface area (TPSA) is 78.5 Å². The number of aromatic nitrogens is 1. The van der Waals surface area contributed by atoms with Crippen LogP contribution in [-0.2, 0) is 11.3 Å². The van der Waals surface area contributed by atoms with Crippen molar-refractivity contribution in [2.24, 2.45) is 0 Å². The van der Waals surface area contributed by atoms with Crippen LogP contribution in [0.3, 0.4) is 0 Å². The molecule has 1 aromatic heterocycles. The van der Waals surface area contributed by atoms with Gasteiger partial charge in [-0.2, -0.15) is 4.57 Å². The third-order valence-electron chi connectivity index (χ3n) is 1.46. The van der Waals surface area contributed by atoms with E-state index < -0.39 is 11.9 Å². The van der Waals surface area contributed by atoms with Gasteiger partial charge in [0.15, 0.2) is 12.4 Å². The van der Waals surface area contributed by atoms with Crippen LogP contribution < -0.4 is 4.57 Å². The Bertz CT molecular complexity index is 331. The van der Waals surface area contributed by atoms with Crippen LogP contribution in [0.2, 0.25) is 0 Å². The number of carboxylic acids is 2. The van der Waals surface area contributed by atoms with Gasteiger partial charge in [0, 0.05) is 12.1 Å². The lowest BCUT2D eigenvalue weighted by molar-refractivity contribution is -0.685. The Kier molecular flexibility index (Phi) is 2.59. The molecule has 5 heteroatoms. The molecule has 2 N–H and O–H groups in total. The van der Waals surface area contributed by atoms with Gasteiger partial charge in [-0.05, 0) is 0 Å².